The fourth-order valence-corrected chi connectivity index (χ4v) is 3.57. The number of fused-ring (bicyclic) bond motifs is 1. The van der Waals surface area contributed by atoms with Gasteiger partial charge in [0.25, 0.3) is 5.56 Å². The molecule has 25 heavy (non-hydrogen) atoms. The lowest BCUT2D eigenvalue weighted by Gasteiger charge is -2.15. The second-order valence-electron chi connectivity index (χ2n) is 6.40. The monoisotopic (exact) mass is 375 g/mol. The van der Waals surface area contributed by atoms with Crippen LogP contribution in [0.4, 0.5) is 5.13 Å². The average Bonchev–Trinajstić information content (AvgIpc) is 2.99. The topological polar surface area (TPSA) is 101 Å². The van der Waals surface area contributed by atoms with E-state index in [2.05, 4.69) is 25.5 Å². The Morgan fingerprint density at radius 1 is 1.28 bits per heavy atom. The third kappa shape index (κ3) is 4.23. The number of hydrogen-bond donors (Lipinski definition) is 2. The van der Waals surface area contributed by atoms with Crippen molar-refractivity contribution >= 4 is 45.2 Å². The molecule has 9 heteroatoms. The molecule has 1 amide bonds. The fraction of sp³-hybridized carbons (Fsp3) is 0.312. The number of H-pyrrole nitrogens is 1. The van der Waals surface area contributed by atoms with E-state index in [9.17, 15) is 9.59 Å². The van der Waals surface area contributed by atoms with Crippen LogP contribution in [-0.4, -0.2) is 26.1 Å². The fourth-order valence-electron chi connectivity index (χ4n) is 1.90. The Balaban J connectivity index is 1.69. The quantitative estimate of drug-likeness (QED) is 0.537. The minimum Gasteiger partial charge on any atom is -0.319 e. The van der Waals surface area contributed by atoms with Gasteiger partial charge in [-0.15, -0.1) is 10.2 Å². The number of rotatable bonds is 4. The summed E-state index contributed by atoms with van der Waals surface area (Å²) in [5.74, 6) is 0.259. The average molecular weight is 375 g/mol. The van der Waals surface area contributed by atoms with Gasteiger partial charge in [-0.3, -0.25) is 9.59 Å². The van der Waals surface area contributed by atoms with Gasteiger partial charge in [0, 0.05) is 11.2 Å². The summed E-state index contributed by atoms with van der Waals surface area (Å²) in [4.78, 5) is 31.3. The first-order valence-electron chi connectivity index (χ1n) is 7.58. The van der Waals surface area contributed by atoms with Gasteiger partial charge in [-0.25, -0.2) is 4.98 Å². The molecular formula is C16H17N5O2S2. The van der Waals surface area contributed by atoms with E-state index in [0.29, 0.717) is 26.4 Å². The standard InChI is InChI=1S/C16H17N5O2S2/c1-16(2,3)13(23)19-14-20-21-15(25-14)24-8-11-12(22)18-10-7-5-4-6-9(10)17-11/h4-7H,8H2,1-3H3,(H,18,22)(H,19,20,23). The molecule has 0 atom stereocenters. The maximum atomic E-state index is 12.1. The number of para-hydroxylation sites is 2. The zero-order chi connectivity index (χ0) is 18.0. The van der Waals surface area contributed by atoms with Crippen LogP contribution < -0.4 is 10.9 Å². The molecule has 0 radical (unpaired) electrons. The number of aromatic nitrogens is 4. The van der Waals surface area contributed by atoms with E-state index >= 15 is 0 Å². The highest BCUT2D eigenvalue weighted by Gasteiger charge is 2.22. The van der Waals surface area contributed by atoms with Gasteiger partial charge in [0.05, 0.1) is 11.0 Å². The molecule has 2 heterocycles. The van der Waals surface area contributed by atoms with Crippen LogP contribution in [0.25, 0.3) is 11.0 Å². The molecule has 3 aromatic rings. The molecule has 1 aromatic carbocycles. The van der Waals surface area contributed by atoms with Crippen molar-refractivity contribution in [2.75, 3.05) is 5.32 Å². The van der Waals surface area contributed by atoms with Crippen LogP contribution in [0, 0.1) is 5.41 Å². The van der Waals surface area contributed by atoms with E-state index in [1.54, 1.807) is 0 Å². The van der Waals surface area contributed by atoms with Crippen molar-refractivity contribution < 1.29 is 4.79 Å². The Hall–Kier alpha value is -2.26. The zero-order valence-corrected chi connectivity index (χ0v) is 15.6. The molecule has 7 nitrogen and oxygen atoms in total. The number of carbonyl (C=O) groups is 1. The van der Waals surface area contributed by atoms with Crippen LogP contribution in [0.1, 0.15) is 26.5 Å². The van der Waals surface area contributed by atoms with Crippen molar-refractivity contribution in [1.82, 2.24) is 20.2 Å². The first-order valence-corrected chi connectivity index (χ1v) is 9.39. The molecule has 0 spiro atoms. The number of nitrogens with one attached hydrogen (secondary N) is 2. The maximum Gasteiger partial charge on any atom is 0.271 e. The van der Waals surface area contributed by atoms with E-state index in [1.165, 1.54) is 23.1 Å². The van der Waals surface area contributed by atoms with Crippen LogP contribution in [0.5, 0.6) is 0 Å². The molecule has 0 aliphatic heterocycles. The summed E-state index contributed by atoms with van der Waals surface area (Å²) in [6.07, 6.45) is 0. The SMILES string of the molecule is CC(C)(C)C(=O)Nc1nnc(SCc2nc3ccccc3[nH]c2=O)s1. The second-order valence-corrected chi connectivity index (χ2v) is 8.60. The van der Waals surface area contributed by atoms with Gasteiger partial charge < -0.3 is 10.3 Å². The number of carbonyl (C=O) groups excluding carboxylic acids is 1. The minimum atomic E-state index is -0.499. The summed E-state index contributed by atoms with van der Waals surface area (Å²) >= 11 is 2.64. The molecule has 2 N–H and O–H groups in total. The molecule has 0 aliphatic rings. The molecule has 3 rings (SSSR count). The van der Waals surface area contributed by atoms with E-state index in [1.807, 2.05) is 45.0 Å². The number of amides is 1. The summed E-state index contributed by atoms with van der Waals surface area (Å²) in [6.45, 7) is 5.49. The van der Waals surface area contributed by atoms with Gasteiger partial charge >= 0.3 is 0 Å². The summed E-state index contributed by atoms with van der Waals surface area (Å²) in [6, 6.07) is 7.39. The summed E-state index contributed by atoms with van der Waals surface area (Å²) < 4.78 is 0.665. The molecule has 0 unspecified atom stereocenters. The van der Waals surface area contributed by atoms with Gasteiger partial charge in [0.15, 0.2) is 4.34 Å². The maximum absolute atomic E-state index is 12.1. The van der Waals surface area contributed by atoms with Crippen LogP contribution in [0.2, 0.25) is 0 Å². The number of thioether (sulfide) groups is 1. The largest absolute Gasteiger partial charge is 0.319 e. The van der Waals surface area contributed by atoms with E-state index in [-0.39, 0.29) is 11.5 Å². The van der Waals surface area contributed by atoms with Crippen LogP contribution in [0.15, 0.2) is 33.4 Å². The highest BCUT2D eigenvalue weighted by Crippen LogP contribution is 2.28. The highest BCUT2D eigenvalue weighted by molar-refractivity contribution is 8.00. The Morgan fingerprint density at radius 2 is 2.04 bits per heavy atom. The number of anilines is 1. The van der Waals surface area contributed by atoms with Crippen molar-refractivity contribution in [2.24, 2.45) is 5.41 Å². The third-order valence-electron chi connectivity index (χ3n) is 3.31. The molecular weight excluding hydrogens is 358 g/mol. The molecule has 130 valence electrons. The van der Waals surface area contributed by atoms with Gasteiger partial charge in [-0.2, -0.15) is 0 Å². The minimum absolute atomic E-state index is 0.118. The molecule has 0 fully saturated rings. The normalized spacial score (nSPS) is 11.6. The number of aromatic amines is 1. The second kappa shape index (κ2) is 6.93. The lowest BCUT2D eigenvalue weighted by atomic mass is 9.96. The first kappa shape index (κ1) is 17.6. The van der Waals surface area contributed by atoms with Crippen molar-refractivity contribution in [2.45, 2.75) is 30.9 Å². The van der Waals surface area contributed by atoms with Gasteiger partial charge in [-0.05, 0) is 12.1 Å². The molecule has 2 aromatic heterocycles. The Labute approximate surface area is 152 Å². The van der Waals surface area contributed by atoms with Crippen molar-refractivity contribution in [3.8, 4) is 0 Å². The summed E-state index contributed by atoms with van der Waals surface area (Å²) in [5, 5.41) is 11.2. The summed E-state index contributed by atoms with van der Waals surface area (Å²) in [5.41, 5.74) is 1.18. The molecule has 0 saturated carbocycles. The van der Waals surface area contributed by atoms with Crippen LogP contribution in [0.3, 0.4) is 0 Å². The Morgan fingerprint density at radius 3 is 2.80 bits per heavy atom. The van der Waals surface area contributed by atoms with Crippen molar-refractivity contribution in [3.63, 3.8) is 0 Å². The smallest absolute Gasteiger partial charge is 0.271 e. The first-order chi connectivity index (χ1) is 11.8. The number of benzene rings is 1. The predicted octanol–water partition coefficient (Wildman–Crippen LogP) is 3.05. The lowest BCUT2D eigenvalue weighted by molar-refractivity contribution is -0.123. The predicted molar refractivity (Wildman–Crippen MR) is 99.9 cm³/mol. The number of hydrogen-bond acceptors (Lipinski definition) is 7. The molecule has 0 bridgehead atoms. The van der Waals surface area contributed by atoms with E-state index < -0.39 is 5.41 Å². The van der Waals surface area contributed by atoms with E-state index in [4.69, 9.17) is 0 Å². The lowest BCUT2D eigenvalue weighted by Crippen LogP contribution is -2.27. The van der Waals surface area contributed by atoms with E-state index in [0.717, 1.165) is 5.52 Å². The van der Waals surface area contributed by atoms with Crippen molar-refractivity contribution in [1.29, 1.82) is 0 Å². The Bertz CT molecular complexity index is 974. The molecule has 0 aliphatic carbocycles. The highest BCUT2D eigenvalue weighted by atomic mass is 32.2. The van der Waals surface area contributed by atoms with Gasteiger partial charge in [0.1, 0.15) is 5.69 Å². The van der Waals surface area contributed by atoms with Crippen LogP contribution >= 0.6 is 23.1 Å². The van der Waals surface area contributed by atoms with Crippen molar-refractivity contribution in [3.05, 3.63) is 40.3 Å². The zero-order valence-electron chi connectivity index (χ0n) is 14.0. The third-order valence-corrected chi connectivity index (χ3v) is 5.29. The molecule has 0 saturated heterocycles. The summed E-state index contributed by atoms with van der Waals surface area (Å²) in [7, 11) is 0. The van der Waals surface area contributed by atoms with Crippen LogP contribution in [-0.2, 0) is 10.5 Å². The Kier molecular flexibility index (Phi) is 4.87. The van der Waals surface area contributed by atoms with Gasteiger partial charge in [-0.1, -0.05) is 56.0 Å². The van der Waals surface area contributed by atoms with Gasteiger partial charge in [0.2, 0.25) is 11.0 Å². The number of nitrogens with zero attached hydrogens (tertiary/aromatic N) is 3.